The summed E-state index contributed by atoms with van der Waals surface area (Å²) in [5.41, 5.74) is 1.25. The first-order valence-electron chi connectivity index (χ1n) is 13.9. The lowest BCUT2D eigenvalue weighted by Gasteiger charge is -2.56. The highest BCUT2D eigenvalue weighted by molar-refractivity contribution is 5.21. The van der Waals surface area contributed by atoms with E-state index >= 15 is 0 Å². The van der Waals surface area contributed by atoms with Crippen LogP contribution in [-0.4, -0.2) is 9.78 Å². The quantitative estimate of drug-likeness (QED) is 0.484. The Balaban J connectivity index is 0.00000119. The fourth-order valence-electron chi connectivity index (χ4n) is 9.14. The van der Waals surface area contributed by atoms with Gasteiger partial charge in [-0.3, -0.25) is 4.68 Å². The standard InChI is InChI=1S/C27H41N3.C2H6/c1-18-4-6-22-21(14-18)5-7-24-23(22)10-12-27(3)25(8-9-26(24)27)19(2)11-13-30-17-20(15-28)16-29-30;1-2/h16-19,21-26H,4-14H2,1-3H3;1-2H3. The van der Waals surface area contributed by atoms with Crippen molar-refractivity contribution in [3.8, 4) is 6.07 Å². The van der Waals surface area contributed by atoms with E-state index in [1.54, 1.807) is 6.20 Å². The highest BCUT2D eigenvalue weighted by atomic mass is 15.3. The van der Waals surface area contributed by atoms with Crippen molar-refractivity contribution in [1.82, 2.24) is 9.78 Å². The molecule has 178 valence electrons. The fraction of sp³-hybridized carbons (Fsp3) is 0.862. The maximum atomic E-state index is 9.04. The summed E-state index contributed by atoms with van der Waals surface area (Å²) in [6.07, 6.45) is 18.3. The van der Waals surface area contributed by atoms with Gasteiger partial charge in [-0.25, -0.2) is 0 Å². The van der Waals surface area contributed by atoms with Crippen LogP contribution in [-0.2, 0) is 6.54 Å². The van der Waals surface area contributed by atoms with Crippen LogP contribution in [0.1, 0.15) is 104 Å². The van der Waals surface area contributed by atoms with Gasteiger partial charge in [-0.2, -0.15) is 10.4 Å². The van der Waals surface area contributed by atoms with Gasteiger partial charge in [-0.15, -0.1) is 0 Å². The number of hydrogen-bond donors (Lipinski definition) is 0. The molecular formula is C29H47N3. The molecular weight excluding hydrogens is 390 g/mol. The first-order chi connectivity index (χ1) is 15.5. The third kappa shape index (κ3) is 4.28. The minimum absolute atomic E-state index is 0.567. The van der Waals surface area contributed by atoms with E-state index in [1.165, 1.54) is 64.2 Å². The van der Waals surface area contributed by atoms with Crippen LogP contribution in [0.25, 0.3) is 0 Å². The topological polar surface area (TPSA) is 41.6 Å². The Morgan fingerprint density at radius 1 is 1.09 bits per heavy atom. The summed E-state index contributed by atoms with van der Waals surface area (Å²) < 4.78 is 1.98. The van der Waals surface area contributed by atoms with Gasteiger partial charge < -0.3 is 0 Å². The largest absolute Gasteiger partial charge is 0.271 e. The van der Waals surface area contributed by atoms with E-state index in [9.17, 15) is 0 Å². The molecule has 1 aromatic heterocycles. The summed E-state index contributed by atoms with van der Waals surface area (Å²) in [4.78, 5) is 0. The molecule has 1 aromatic rings. The number of nitrogens with zero attached hydrogens (tertiary/aromatic N) is 3. The Bertz CT molecular complexity index is 791. The van der Waals surface area contributed by atoms with Crippen LogP contribution in [0.2, 0.25) is 0 Å². The predicted octanol–water partition coefficient (Wildman–Crippen LogP) is 7.71. The van der Waals surface area contributed by atoms with Crippen LogP contribution in [0.5, 0.6) is 0 Å². The first-order valence-corrected chi connectivity index (χ1v) is 13.9. The molecule has 4 fully saturated rings. The summed E-state index contributed by atoms with van der Waals surface area (Å²) in [5, 5.41) is 13.4. The zero-order chi connectivity index (χ0) is 22.9. The van der Waals surface area contributed by atoms with E-state index in [2.05, 4.69) is 31.9 Å². The Morgan fingerprint density at radius 3 is 2.62 bits per heavy atom. The van der Waals surface area contributed by atoms with Crippen molar-refractivity contribution in [3.05, 3.63) is 18.0 Å². The highest BCUT2D eigenvalue weighted by Crippen LogP contribution is 2.65. The van der Waals surface area contributed by atoms with Crippen LogP contribution in [0.3, 0.4) is 0 Å². The van der Waals surface area contributed by atoms with E-state index in [0.717, 1.165) is 53.9 Å². The van der Waals surface area contributed by atoms with Gasteiger partial charge in [0.25, 0.3) is 0 Å². The smallest absolute Gasteiger partial charge is 0.102 e. The van der Waals surface area contributed by atoms with Crippen LogP contribution in [0.4, 0.5) is 0 Å². The number of fused-ring (bicyclic) bond motifs is 5. The van der Waals surface area contributed by atoms with Gasteiger partial charge in [0.2, 0.25) is 0 Å². The van der Waals surface area contributed by atoms with E-state index in [-0.39, 0.29) is 0 Å². The lowest BCUT2D eigenvalue weighted by Crippen LogP contribution is -2.49. The second-order valence-electron chi connectivity index (χ2n) is 12.0. The molecule has 0 N–H and O–H groups in total. The van der Waals surface area contributed by atoms with Crippen LogP contribution >= 0.6 is 0 Å². The number of hydrogen-bond acceptors (Lipinski definition) is 2. The summed E-state index contributed by atoms with van der Waals surface area (Å²) >= 11 is 0. The van der Waals surface area contributed by atoms with E-state index < -0.39 is 0 Å². The molecule has 5 rings (SSSR count). The molecule has 0 bridgehead atoms. The molecule has 32 heavy (non-hydrogen) atoms. The summed E-state index contributed by atoms with van der Waals surface area (Å²) in [6, 6.07) is 2.20. The molecule has 4 saturated carbocycles. The van der Waals surface area contributed by atoms with Crippen molar-refractivity contribution >= 4 is 0 Å². The number of nitriles is 1. The van der Waals surface area contributed by atoms with Crippen molar-refractivity contribution < 1.29 is 0 Å². The van der Waals surface area contributed by atoms with Gasteiger partial charge in [0.15, 0.2) is 0 Å². The molecule has 9 atom stereocenters. The minimum Gasteiger partial charge on any atom is -0.271 e. The van der Waals surface area contributed by atoms with Gasteiger partial charge in [-0.05, 0) is 111 Å². The SMILES string of the molecule is CC.CC1CCC2C(CCC3C2CCC2(C)C(C(C)CCn4cc(C#N)cn4)CCC32)C1. The normalized spacial score (nSPS) is 41.3. The lowest BCUT2D eigenvalue weighted by atomic mass is 9.49. The molecule has 0 amide bonds. The second kappa shape index (κ2) is 9.90. The molecule has 0 aliphatic heterocycles. The summed E-state index contributed by atoms with van der Waals surface area (Å²) in [7, 11) is 0. The Labute approximate surface area is 197 Å². The third-order valence-electron chi connectivity index (χ3n) is 10.6. The van der Waals surface area contributed by atoms with E-state index in [4.69, 9.17) is 5.26 Å². The number of aryl methyl sites for hydroxylation is 1. The zero-order valence-electron chi connectivity index (χ0n) is 21.4. The Morgan fingerprint density at radius 2 is 1.88 bits per heavy atom. The van der Waals surface area contributed by atoms with Crippen LogP contribution in [0, 0.1) is 64.1 Å². The highest BCUT2D eigenvalue weighted by Gasteiger charge is 2.57. The molecule has 0 aromatic carbocycles. The first kappa shape index (κ1) is 23.8. The molecule has 4 aliphatic rings. The maximum absolute atomic E-state index is 9.04. The van der Waals surface area contributed by atoms with Crippen molar-refractivity contribution in [2.45, 2.75) is 105 Å². The minimum atomic E-state index is 0.567. The Kier molecular flexibility index (Phi) is 7.38. The Hall–Kier alpha value is -1.30. The average molecular weight is 438 g/mol. The monoisotopic (exact) mass is 437 g/mol. The van der Waals surface area contributed by atoms with Crippen molar-refractivity contribution in [3.63, 3.8) is 0 Å². The van der Waals surface area contributed by atoms with Gasteiger partial charge in [0, 0.05) is 12.7 Å². The molecule has 3 heteroatoms. The van der Waals surface area contributed by atoms with Gasteiger partial charge >= 0.3 is 0 Å². The van der Waals surface area contributed by atoms with Crippen LogP contribution < -0.4 is 0 Å². The van der Waals surface area contributed by atoms with Crippen molar-refractivity contribution in [1.29, 1.82) is 5.26 Å². The fourth-order valence-corrected chi connectivity index (χ4v) is 9.14. The molecule has 9 unspecified atom stereocenters. The summed E-state index contributed by atoms with van der Waals surface area (Å²) in [6.45, 7) is 12.6. The maximum Gasteiger partial charge on any atom is 0.102 e. The van der Waals surface area contributed by atoms with Gasteiger partial charge in [0.05, 0.1) is 11.8 Å². The van der Waals surface area contributed by atoms with Crippen LogP contribution in [0.15, 0.2) is 12.4 Å². The molecule has 1 heterocycles. The number of rotatable bonds is 4. The van der Waals surface area contributed by atoms with Crippen molar-refractivity contribution in [2.24, 2.45) is 52.8 Å². The summed E-state index contributed by atoms with van der Waals surface area (Å²) in [5.74, 6) is 7.79. The zero-order valence-corrected chi connectivity index (χ0v) is 21.4. The van der Waals surface area contributed by atoms with Gasteiger partial charge in [-0.1, -0.05) is 41.0 Å². The van der Waals surface area contributed by atoms with Gasteiger partial charge in [0.1, 0.15) is 6.07 Å². The molecule has 0 saturated heterocycles. The second-order valence-corrected chi connectivity index (χ2v) is 12.0. The molecule has 3 nitrogen and oxygen atoms in total. The molecule has 0 radical (unpaired) electrons. The van der Waals surface area contributed by atoms with E-state index in [1.807, 2.05) is 24.7 Å². The lowest BCUT2D eigenvalue weighted by molar-refractivity contribution is -0.0733. The number of aromatic nitrogens is 2. The molecule has 4 aliphatic carbocycles. The third-order valence-corrected chi connectivity index (χ3v) is 10.6. The predicted molar refractivity (Wildman–Crippen MR) is 132 cm³/mol. The molecule has 0 spiro atoms. The average Bonchev–Trinajstić information content (AvgIpc) is 3.42. The van der Waals surface area contributed by atoms with E-state index in [0.29, 0.717) is 11.0 Å². The van der Waals surface area contributed by atoms with Crippen molar-refractivity contribution in [2.75, 3.05) is 0 Å².